The quantitative estimate of drug-likeness (QED) is 0.347. The zero-order valence-corrected chi connectivity index (χ0v) is 9.55. The topological polar surface area (TPSA) is 105 Å². The van der Waals surface area contributed by atoms with Crippen molar-refractivity contribution in [1.82, 2.24) is 0 Å². The van der Waals surface area contributed by atoms with Crippen LogP contribution < -0.4 is 0 Å². The van der Waals surface area contributed by atoms with Crippen LogP contribution in [0, 0.1) is 0 Å². The molecule has 17 heavy (non-hydrogen) atoms. The zero-order chi connectivity index (χ0) is 13.4. The SMILES string of the molecule is COC(=O)C[C@H](OC(=O)C(=O)OC)C(=O)OC. The highest BCUT2D eigenvalue weighted by Gasteiger charge is 2.30. The minimum atomic E-state index is -1.54. The summed E-state index contributed by atoms with van der Waals surface area (Å²) in [5.41, 5.74) is 0. The number of hydrogen-bond donors (Lipinski definition) is 0. The average molecular weight is 248 g/mol. The van der Waals surface area contributed by atoms with Gasteiger partial charge in [-0.3, -0.25) is 4.79 Å². The number of carbonyl (C=O) groups is 4. The first-order valence-electron chi connectivity index (χ1n) is 4.39. The van der Waals surface area contributed by atoms with Crippen LogP contribution in [0.3, 0.4) is 0 Å². The van der Waals surface area contributed by atoms with E-state index >= 15 is 0 Å². The van der Waals surface area contributed by atoms with Crippen molar-refractivity contribution in [2.75, 3.05) is 21.3 Å². The lowest BCUT2D eigenvalue weighted by Crippen LogP contribution is -2.34. The lowest BCUT2D eigenvalue weighted by Gasteiger charge is -2.13. The molecule has 0 amide bonds. The molecule has 96 valence electrons. The van der Waals surface area contributed by atoms with Crippen LogP contribution in [0.2, 0.25) is 0 Å². The summed E-state index contributed by atoms with van der Waals surface area (Å²) in [4.78, 5) is 43.8. The van der Waals surface area contributed by atoms with Gasteiger partial charge in [-0.25, -0.2) is 14.4 Å². The van der Waals surface area contributed by atoms with Crippen LogP contribution >= 0.6 is 0 Å². The lowest BCUT2D eigenvalue weighted by molar-refractivity contribution is -0.177. The summed E-state index contributed by atoms with van der Waals surface area (Å²) >= 11 is 0. The van der Waals surface area contributed by atoms with Crippen molar-refractivity contribution in [3.8, 4) is 0 Å². The maximum Gasteiger partial charge on any atom is 0.418 e. The molecule has 1 atom stereocenters. The van der Waals surface area contributed by atoms with Crippen LogP contribution in [0.15, 0.2) is 0 Å². The first kappa shape index (κ1) is 14.9. The summed E-state index contributed by atoms with van der Waals surface area (Å²) in [6, 6.07) is 0. The third-order valence-electron chi connectivity index (χ3n) is 1.65. The molecule has 0 spiro atoms. The third kappa shape index (κ3) is 4.96. The van der Waals surface area contributed by atoms with E-state index in [4.69, 9.17) is 0 Å². The molecular formula is C9H12O8. The molecule has 0 aromatic carbocycles. The highest BCUT2D eigenvalue weighted by molar-refractivity contribution is 6.29. The van der Waals surface area contributed by atoms with Crippen molar-refractivity contribution in [3.05, 3.63) is 0 Å². The molecule has 0 aliphatic rings. The summed E-state index contributed by atoms with van der Waals surface area (Å²) in [7, 11) is 3.11. The molecule has 0 fully saturated rings. The summed E-state index contributed by atoms with van der Waals surface area (Å²) in [5.74, 6) is -4.46. The van der Waals surface area contributed by atoms with Crippen LogP contribution in [0.5, 0.6) is 0 Å². The molecule has 0 N–H and O–H groups in total. The second-order valence-electron chi connectivity index (χ2n) is 2.69. The molecule has 0 saturated heterocycles. The Bertz CT molecular complexity index is 321. The van der Waals surface area contributed by atoms with Crippen LogP contribution in [0.1, 0.15) is 6.42 Å². The van der Waals surface area contributed by atoms with Crippen LogP contribution in [-0.2, 0) is 38.1 Å². The molecule has 0 rings (SSSR count). The van der Waals surface area contributed by atoms with Crippen LogP contribution in [0.4, 0.5) is 0 Å². The van der Waals surface area contributed by atoms with Crippen molar-refractivity contribution in [2.24, 2.45) is 0 Å². The molecule has 0 aliphatic carbocycles. The van der Waals surface area contributed by atoms with Crippen LogP contribution in [0.25, 0.3) is 0 Å². The van der Waals surface area contributed by atoms with Gasteiger partial charge in [-0.1, -0.05) is 0 Å². The molecule has 0 radical (unpaired) electrons. The van der Waals surface area contributed by atoms with E-state index in [-0.39, 0.29) is 0 Å². The Hall–Kier alpha value is -2.12. The first-order chi connectivity index (χ1) is 7.96. The van der Waals surface area contributed by atoms with Gasteiger partial charge >= 0.3 is 23.9 Å². The molecule has 0 bridgehead atoms. The Morgan fingerprint density at radius 1 is 0.882 bits per heavy atom. The largest absolute Gasteiger partial charge is 0.469 e. The Morgan fingerprint density at radius 2 is 1.47 bits per heavy atom. The van der Waals surface area contributed by atoms with Gasteiger partial charge in [-0.05, 0) is 0 Å². The summed E-state index contributed by atoms with van der Waals surface area (Å²) in [5, 5.41) is 0. The smallest absolute Gasteiger partial charge is 0.418 e. The number of hydrogen-bond acceptors (Lipinski definition) is 8. The lowest BCUT2D eigenvalue weighted by atomic mass is 10.2. The van der Waals surface area contributed by atoms with E-state index in [1.165, 1.54) is 0 Å². The molecule has 0 aromatic heterocycles. The standard InChI is InChI=1S/C9H12O8/c1-14-6(10)4-5(7(11)15-2)17-9(13)8(12)16-3/h5H,4H2,1-3H3/t5-/m0/s1. The number of methoxy groups -OCH3 is 3. The molecule has 8 nitrogen and oxygen atoms in total. The second-order valence-corrected chi connectivity index (χ2v) is 2.69. The predicted molar refractivity (Wildman–Crippen MR) is 50.5 cm³/mol. The summed E-state index contributed by atoms with van der Waals surface area (Å²) in [6.07, 6.45) is -2.09. The fourth-order valence-electron chi connectivity index (χ4n) is 0.800. The van der Waals surface area contributed by atoms with Gasteiger partial charge in [0, 0.05) is 0 Å². The predicted octanol–water partition coefficient (Wildman–Crippen LogP) is -1.19. The minimum absolute atomic E-state index is 0.550. The second kappa shape index (κ2) is 7.20. The van der Waals surface area contributed by atoms with Crippen LogP contribution in [-0.4, -0.2) is 51.3 Å². The van der Waals surface area contributed by atoms with Crippen molar-refractivity contribution in [3.63, 3.8) is 0 Å². The molecule has 0 saturated carbocycles. The maximum absolute atomic E-state index is 11.2. The third-order valence-corrected chi connectivity index (χ3v) is 1.65. The molecule has 0 unspecified atom stereocenters. The van der Waals surface area contributed by atoms with Gasteiger partial charge < -0.3 is 18.9 Å². The van der Waals surface area contributed by atoms with Gasteiger partial charge in [0.1, 0.15) is 0 Å². The molecule has 0 aromatic rings. The molecule has 0 aliphatic heterocycles. The normalized spacial score (nSPS) is 11.0. The fraction of sp³-hybridized carbons (Fsp3) is 0.556. The first-order valence-corrected chi connectivity index (χ1v) is 4.39. The van der Waals surface area contributed by atoms with E-state index in [2.05, 4.69) is 18.9 Å². The average Bonchev–Trinajstić information content (AvgIpc) is 2.35. The maximum atomic E-state index is 11.2. The Labute approximate surface area is 96.8 Å². The van der Waals surface area contributed by atoms with Gasteiger partial charge in [0.05, 0.1) is 27.8 Å². The summed E-state index contributed by atoms with van der Waals surface area (Å²) in [6.45, 7) is 0. The van der Waals surface area contributed by atoms with Crippen molar-refractivity contribution in [1.29, 1.82) is 0 Å². The van der Waals surface area contributed by atoms with Crippen molar-refractivity contribution < 1.29 is 38.1 Å². The fourth-order valence-corrected chi connectivity index (χ4v) is 0.800. The zero-order valence-electron chi connectivity index (χ0n) is 9.55. The number of carbonyl (C=O) groups excluding carboxylic acids is 4. The van der Waals surface area contributed by atoms with E-state index in [9.17, 15) is 19.2 Å². The van der Waals surface area contributed by atoms with Gasteiger partial charge in [-0.2, -0.15) is 0 Å². The van der Waals surface area contributed by atoms with Gasteiger partial charge in [0.15, 0.2) is 0 Å². The number of esters is 4. The van der Waals surface area contributed by atoms with Crippen molar-refractivity contribution >= 4 is 23.9 Å². The highest BCUT2D eigenvalue weighted by Crippen LogP contribution is 2.04. The number of rotatable bonds is 4. The molecular weight excluding hydrogens is 236 g/mol. The van der Waals surface area contributed by atoms with Gasteiger partial charge in [-0.15, -0.1) is 0 Å². The highest BCUT2D eigenvalue weighted by atomic mass is 16.6. The van der Waals surface area contributed by atoms with E-state index < -0.39 is 36.4 Å². The van der Waals surface area contributed by atoms with Gasteiger partial charge in [0.25, 0.3) is 0 Å². The molecule has 0 heterocycles. The Balaban J connectivity index is 4.60. The number of ether oxygens (including phenoxy) is 4. The Kier molecular flexibility index (Phi) is 6.30. The van der Waals surface area contributed by atoms with E-state index in [0.29, 0.717) is 0 Å². The molecule has 8 heteroatoms. The Morgan fingerprint density at radius 3 is 1.88 bits per heavy atom. The van der Waals surface area contributed by atoms with Gasteiger partial charge in [0.2, 0.25) is 6.10 Å². The van der Waals surface area contributed by atoms with E-state index in [1.54, 1.807) is 0 Å². The van der Waals surface area contributed by atoms with E-state index in [1.807, 2.05) is 0 Å². The van der Waals surface area contributed by atoms with Crippen molar-refractivity contribution in [2.45, 2.75) is 12.5 Å². The minimum Gasteiger partial charge on any atom is -0.469 e. The van der Waals surface area contributed by atoms with E-state index in [0.717, 1.165) is 21.3 Å². The summed E-state index contributed by atoms with van der Waals surface area (Å²) < 4.78 is 17.1. The monoisotopic (exact) mass is 248 g/mol.